The average molecular weight is 375 g/mol. The zero-order chi connectivity index (χ0) is 14.9. The van der Waals surface area contributed by atoms with Crippen LogP contribution in [0.25, 0.3) is 0 Å². The van der Waals surface area contributed by atoms with Gasteiger partial charge in [0.05, 0.1) is 20.0 Å². The molecule has 0 fully saturated rings. The Balaban J connectivity index is 2.44. The number of hydrogen-bond acceptors (Lipinski definition) is 4. The van der Waals surface area contributed by atoms with Gasteiger partial charge in [-0.2, -0.15) is 0 Å². The number of aromatic carboxylic acids is 1. The SMILES string of the molecule is Cc1c(C(=O)O)cccc1S(=O)(=O)Cc1ccc(Br)s1. The van der Waals surface area contributed by atoms with Gasteiger partial charge in [-0.05, 0) is 52.7 Å². The van der Waals surface area contributed by atoms with Gasteiger partial charge in [0.1, 0.15) is 0 Å². The largest absolute Gasteiger partial charge is 0.478 e. The normalized spacial score (nSPS) is 11.5. The molecule has 106 valence electrons. The van der Waals surface area contributed by atoms with E-state index in [9.17, 15) is 13.2 Å². The molecule has 0 aliphatic heterocycles. The van der Waals surface area contributed by atoms with Crippen molar-refractivity contribution in [2.24, 2.45) is 0 Å². The monoisotopic (exact) mass is 374 g/mol. The summed E-state index contributed by atoms with van der Waals surface area (Å²) in [5, 5.41) is 9.05. The first-order valence-corrected chi connectivity index (χ1v) is 8.87. The molecule has 0 saturated heterocycles. The molecule has 20 heavy (non-hydrogen) atoms. The molecule has 0 spiro atoms. The number of thiophene rings is 1. The molecule has 0 bridgehead atoms. The minimum Gasteiger partial charge on any atom is -0.478 e. The Kier molecular flexibility index (Phi) is 4.31. The molecule has 2 aromatic rings. The Labute approximate surface area is 129 Å². The molecular weight excluding hydrogens is 364 g/mol. The fourth-order valence-corrected chi connectivity index (χ4v) is 5.35. The third-order valence-electron chi connectivity index (χ3n) is 2.81. The minimum atomic E-state index is -3.56. The van der Waals surface area contributed by atoms with Crippen LogP contribution in [0.4, 0.5) is 0 Å². The van der Waals surface area contributed by atoms with Crippen LogP contribution in [0.2, 0.25) is 0 Å². The number of carboxylic acid groups (broad SMARTS) is 1. The van der Waals surface area contributed by atoms with Gasteiger partial charge in [-0.25, -0.2) is 13.2 Å². The van der Waals surface area contributed by atoms with Gasteiger partial charge in [-0.1, -0.05) is 6.07 Å². The molecule has 0 aliphatic rings. The van der Waals surface area contributed by atoms with E-state index < -0.39 is 15.8 Å². The summed E-state index contributed by atoms with van der Waals surface area (Å²) in [6, 6.07) is 7.82. The van der Waals surface area contributed by atoms with Crippen LogP contribution < -0.4 is 0 Å². The Hall–Kier alpha value is -1.18. The molecule has 0 saturated carbocycles. The van der Waals surface area contributed by atoms with Crippen molar-refractivity contribution >= 4 is 43.1 Å². The van der Waals surface area contributed by atoms with Crippen LogP contribution in [0.1, 0.15) is 20.8 Å². The second kappa shape index (κ2) is 5.67. The lowest BCUT2D eigenvalue weighted by molar-refractivity contribution is 0.0696. The maximum atomic E-state index is 12.4. The van der Waals surface area contributed by atoms with E-state index in [4.69, 9.17) is 5.11 Å². The standard InChI is InChI=1S/C13H11BrO4S2/c1-8-10(13(15)16)3-2-4-11(8)20(17,18)7-9-5-6-12(14)19-9/h2-6H,7H2,1H3,(H,15,16). The fourth-order valence-electron chi connectivity index (χ4n) is 1.88. The number of rotatable bonds is 4. The summed E-state index contributed by atoms with van der Waals surface area (Å²) in [6.45, 7) is 1.51. The van der Waals surface area contributed by atoms with Crippen molar-refractivity contribution in [2.45, 2.75) is 17.6 Å². The molecule has 2 rings (SSSR count). The van der Waals surface area contributed by atoms with Crippen molar-refractivity contribution < 1.29 is 18.3 Å². The van der Waals surface area contributed by atoms with Crippen LogP contribution in [0.3, 0.4) is 0 Å². The molecule has 0 radical (unpaired) electrons. The summed E-state index contributed by atoms with van der Waals surface area (Å²) in [6.07, 6.45) is 0. The number of carbonyl (C=O) groups is 1. The number of hydrogen-bond donors (Lipinski definition) is 1. The van der Waals surface area contributed by atoms with Crippen molar-refractivity contribution in [3.05, 3.63) is 50.1 Å². The van der Waals surface area contributed by atoms with Crippen molar-refractivity contribution in [3.63, 3.8) is 0 Å². The molecule has 0 unspecified atom stereocenters. The molecule has 1 aromatic carbocycles. The highest BCUT2D eigenvalue weighted by Gasteiger charge is 2.21. The average Bonchev–Trinajstić information content (AvgIpc) is 2.73. The van der Waals surface area contributed by atoms with Gasteiger partial charge in [0, 0.05) is 4.88 Å². The number of benzene rings is 1. The summed E-state index contributed by atoms with van der Waals surface area (Å²) >= 11 is 4.63. The highest BCUT2D eigenvalue weighted by atomic mass is 79.9. The zero-order valence-electron chi connectivity index (χ0n) is 10.5. The summed E-state index contributed by atoms with van der Waals surface area (Å²) in [5.41, 5.74) is 0.286. The van der Waals surface area contributed by atoms with E-state index in [2.05, 4.69) is 15.9 Å². The molecule has 0 amide bonds. The molecular formula is C13H11BrO4S2. The maximum Gasteiger partial charge on any atom is 0.335 e. The van der Waals surface area contributed by atoms with Crippen LogP contribution in [-0.2, 0) is 15.6 Å². The van der Waals surface area contributed by atoms with Gasteiger partial charge >= 0.3 is 5.97 Å². The van der Waals surface area contributed by atoms with Crippen LogP contribution in [0.15, 0.2) is 39.0 Å². The predicted octanol–water partition coefficient (Wildman–Crippen LogP) is 3.49. The van der Waals surface area contributed by atoms with Gasteiger partial charge in [-0.3, -0.25) is 0 Å². The quantitative estimate of drug-likeness (QED) is 0.888. The zero-order valence-corrected chi connectivity index (χ0v) is 13.7. The summed E-state index contributed by atoms with van der Waals surface area (Å²) in [4.78, 5) is 11.8. The minimum absolute atomic E-state index is 0.0124. The van der Waals surface area contributed by atoms with Crippen LogP contribution in [0, 0.1) is 6.92 Å². The molecule has 0 aliphatic carbocycles. The number of carboxylic acids is 1. The molecule has 1 aromatic heterocycles. The van der Waals surface area contributed by atoms with Crippen molar-refractivity contribution in [1.29, 1.82) is 0 Å². The number of halogens is 1. The third kappa shape index (κ3) is 3.11. The van der Waals surface area contributed by atoms with Crippen molar-refractivity contribution in [3.8, 4) is 0 Å². The smallest absolute Gasteiger partial charge is 0.335 e. The van der Waals surface area contributed by atoms with Crippen molar-refractivity contribution in [1.82, 2.24) is 0 Å². The number of sulfone groups is 1. The van der Waals surface area contributed by atoms with Gasteiger partial charge in [0.25, 0.3) is 0 Å². The highest BCUT2D eigenvalue weighted by Crippen LogP contribution is 2.28. The third-order valence-corrected chi connectivity index (χ3v) is 6.42. The first-order chi connectivity index (χ1) is 9.31. The van der Waals surface area contributed by atoms with E-state index in [0.29, 0.717) is 4.88 Å². The highest BCUT2D eigenvalue weighted by molar-refractivity contribution is 9.11. The molecule has 0 atom stereocenters. The Morgan fingerprint density at radius 2 is 2.00 bits per heavy atom. The molecule has 7 heteroatoms. The van der Waals surface area contributed by atoms with E-state index in [1.54, 1.807) is 12.1 Å². The van der Waals surface area contributed by atoms with Crippen molar-refractivity contribution in [2.75, 3.05) is 0 Å². The van der Waals surface area contributed by atoms with Gasteiger partial charge < -0.3 is 5.11 Å². The second-order valence-corrected chi connectivity index (χ2v) is 8.70. The summed E-state index contributed by atoms with van der Waals surface area (Å²) in [7, 11) is -3.56. The van der Waals surface area contributed by atoms with Gasteiger partial charge in [0.2, 0.25) is 0 Å². The van der Waals surface area contributed by atoms with E-state index in [0.717, 1.165) is 3.79 Å². The van der Waals surface area contributed by atoms with Gasteiger partial charge in [0.15, 0.2) is 9.84 Å². The van der Waals surface area contributed by atoms with Crippen LogP contribution in [-0.4, -0.2) is 19.5 Å². The Bertz CT molecular complexity index is 762. The first kappa shape index (κ1) is 15.2. The lowest BCUT2D eigenvalue weighted by Crippen LogP contribution is -2.09. The lowest BCUT2D eigenvalue weighted by Gasteiger charge is -2.09. The molecule has 1 N–H and O–H groups in total. The van der Waals surface area contributed by atoms with Gasteiger partial charge in [-0.15, -0.1) is 11.3 Å². The maximum absolute atomic E-state index is 12.4. The van der Waals surface area contributed by atoms with Crippen LogP contribution >= 0.6 is 27.3 Å². The lowest BCUT2D eigenvalue weighted by atomic mass is 10.1. The van der Waals surface area contributed by atoms with E-state index >= 15 is 0 Å². The first-order valence-electron chi connectivity index (χ1n) is 5.61. The predicted molar refractivity (Wildman–Crippen MR) is 81.0 cm³/mol. The second-order valence-electron chi connectivity index (χ2n) is 4.20. The summed E-state index contributed by atoms with van der Waals surface area (Å²) in [5.74, 6) is -1.26. The molecule has 4 nitrogen and oxygen atoms in total. The Morgan fingerprint density at radius 1 is 1.30 bits per heavy atom. The van der Waals surface area contributed by atoms with E-state index in [1.165, 1.54) is 36.5 Å². The fraction of sp³-hybridized carbons (Fsp3) is 0.154. The summed E-state index contributed by atoms with van der Waals surface area (Å²) < 4.78 is 25.7. The van der Waals surface area contributed by atoms with Crippen LogP contribution in [0.5, 0.6) is 0 Å². The topological polar surface area (TPSA) is 71.4 Å². The van der Waals surface area contributed by atoms with E-state index in [1.807, 2.05) is 0 Å². The Morgan fingerprint density at radius 3 is 2.55 bits per heavy atom. The molecule has 1 heterocycles. The van der Waals surface area contributed by atoms with E-state index in [-0.39, 0.29) is 21.8 Å².